The van der Waals surface area contributed by atoms with Gasteiger partial charge in [-0.25, -0.2) is 4.79 Å². The summed E-state index contributed by atoms with van der Waals surface area (Å²) in [6, 6.07) is 0. The molecule has 1 aliphatic heterocycles. The number of nitrogens with zero attached hydrogens (tertiary/aromatic N) is 1. The SMILES string of the molecule is CCCN(C=O)C1(C(=O)O)CCOC(C)(C)C1. The van der Waals surface area contributed by atoms with Crippen LogP contribution in [0.1, 0.15) is 40.0 Å². The van der Waals surface area contributed by atoms with Crippen molar-refractivity contribution in [2.24, 2.45) is 0 Å². The first-order valence-corrected chi connectivity index (χ1v) is 5.97. The average molecular weight is 243 g/mol. The van der Waals surface area contributed by atoms with Gasteiger partial charge in [0.2, 0.25) is 6.41 Å². The number of carbonyl (C=O) groups excluding carboxylic acids is 1. The number of carboxylic acid groups (broad SMARTS) is 1. The van der Waals surface area contributed by atoms with Gasteiger partial charge < -0.3 is 14.7 Å². The third-order valence-electron chi connectivity index (χ3n) is 3.27. The van der Waals surface area contributed by atoms with E-state index in [0.29, 0.717) is 32.4 Å². The molecule has 0 aromatic carbocycles. The van der Waals surface area contributed by atoms with Crippen molar-refractivity contribution in [2.45, 2.75) is 51.2 Å². The number of amides is 1. The van der Waals surface area contributed by atoms with Crippen LogP contribution in [0.5, 0.6) is 0 Å². The Morgan fingerprint density at radius 2 is 2.18 bits per heavy atom. The van der Waals surface area contributed by atoms with Crippen LogP contribution < -0.4 is 0 Å². The second kappa shape index (κ2) is 5.04. The van der Waals surface area contributed by atoms with Crippen molar-refractivity contribution in [3.8, 4) is 0 Å². The molecule has 1 saturated heterocycles. The molecule has 0 aliphatic carbocycles. The average Bonchev–Trinajstić information content (AvgIpc) is 2.24. The fourth-order valence-corrected chi connectivity index (χ4v) is 2.50. The summed E-state index contributed by atoms with van der Waals surface area (Å²) in [6.45, 7) is 6.48. The Labute approximate surface area is 102 Å². The predicted octanol–water partition coefficient (Wildman–Crippen LogP) is 1.27. The Bertz CT molecular complexity index is 303. The first-order valence-electron chi connectivity index (χ1n) is 5.97. The normalized spacial score (nSPS) is 27.5. The van der Waals surface area contributed by atoms with Crippen LogP contribution in [0.3, 0.4) is 0 Å². The maximum absolute atomic E-state index is 11.6. The molecular weight excluding hydrogens is 222 g/mol. The summed E-state index contributed by atoms with van der Waals surface area (Å²) in [5.41, 5.74) is -1.62. The number of carboxylic acids is 1. The zero-order valence-corrected chi connectivity index (χ0v) is 10.7. The molecular formula is C12H21NO4. The number of ether oxygens (including phenoxy) is 1. The fraction of sp³-hybridized carbons (Fsp3) is 0.833. The molecule has 1 rings (SSSR count). The summed E-state index contributed by atoms with van der Waals surface area (Å²) in [5.74, 6) is -0.936. The van der Waals surface area contributed by atoms with Crippen LogP contribution in [0, 0.1) is 0 Å². The minimum Gasteiger partial charge on any atom is -0.479 e. The number of rotatable bonds is 5. The van der Waals surface area contributed by atoms with E-state index in [-0.39, 0.29) is 0 Å². The first kappa shape index (κ1) is 14.0. The van der Waals surface area contributed by atoms with Crippen LogP contribution in [0.2, 0.25) is 0 Å². The molecule has 17 heavy (non-hydrogen) atoms. The zero-order chi connectivity index (χ0) is 13.1. The molecule has 1 heterocycles. The summed E-state index contributed by atoms with van der Waals surface area (Å²) in [5, 5.41) is 9.49. The molecule has 0 aromatic rings. The molecule has 1 aliphatic rings. The molecule has 0 aromatic heterocycles. The number of hydrogen-bond acceptors (Lipinski definition) is 3. The van der Waals surface area contributed by atoms with Gasteiger partial charge in [0.25, 0.3) is 0 Å². The van der Waals surface area contributed by atoms with E-state index in [9.17, 15) is 14.7 Å². The molecule has 0 radical (unpaired) electrons. The van der Waals surface area contributed by atoms with Crippen molar-refractivity contribution in [1.29, 1.82) is 0 Å². The third-order valence-corrected chi connectivity index (χ3v) is 3.27. The van der Waals surface area contributed by atoms with Gasteiger partial charge in [0.1, 0.15) is 5.54 Å². The van der Waals surface area contributed by atoms with E-state index in [1.165, 1.54) is 4.90 Å². The van der Waals surface area contributed by atoms with Crippen LogP contribution in [0.25, 0.3) is 0 Å². The van der Waals surface area contributed by atoms with Gasteiger partial charge in [0.05, 0.1) is 12.2 Å². The molecule has 0 spiro atoms. The van der Waals surface area contributed by atoms with Crippen molar-refractivity contribution < 1.29 is 19.4 Å². The van der Waals surface area contributed by atoms with Crippen LogP contribution in [0.15, 0.2) is 0 Å². The van der Waals surface area contributed by atoms with Crippen LogP contribution >= 0.6 is 0 Å². The minimum absolute atomic E-state index is 0.327. The van der Waals surface area contributed by atoms with Crippen LogP contribution in [0.4, 0.5) is 0 Å². The number of carbonyl (C=O) groups is 2. The lowest BCUT2D eigenvalue weighted by molar-refractivity contribution is -0.174. The van der Waals surface area contributed by atoms with E-state index in [1.807, 2.05) is 20.8 Å². The molecule has 98 valence electrons. The first-order chi connectivity index (χ1) is 7.88. The van der Waals surface area contributed by atoms with Gasteiger partial charge in [0, 0.05) is 19.4 Å². The second-order valence-corrected chi connectivity index (χ2v) is 5.17. The van der Waals surface area contributed by atoms with Gasteiger partial charge in [-0.3, -0.25) is 4.79 Å². The quantitative estimate of drug-likeness (QED) is 0.738. The van der Waals surface area contributed by atoms with Crippen molar-refractivity contribution in [3.05, 3.63) is 0 Å². The Morgan fingerprint density at radius 1 is 1.53 bits per heavy atom. The molecule has 1 amide bonds. The highest BCUT2D eigenvalue weighted by molar-refractivity contribution is 5.81. The maximum atomic E-state index is 11.6. The summed E-state index contributed by atoms with van der Waals surface area (Å²) >= 11 is 0. The van der Waals surface area contributed by atoms with Gasteiger partial charge >= 0.3 is 5.97 Å². The molecule has 1 unspecified atom stereocenters. The highest BCUT2D eigenvalue weighted by atomic mass is 16.5. The summed E-state index contributed by atoms with van der Waals surface area (Å²) in [6.07, 6.45) is 2.08. The predicted molar refractivity (Wildman–Crippen MR) is 62.7 cm³/mol. The van der Waals surface area contributed by atoms with Crippen LogP contribution in [-0.4, -0.2) is 46.7 Å². The Balaban J connectivity index is 3.03. The van der Waals surface area contributed by atoms with E-state index < -0.39 is 17.1 Å². The van der Waals surface area contributed by atoms with Gasteiger partial charge in [-0.1, -0.05) is 6.92 Å². The van der Waals surface area contributed by atoms with E-state index in [0.717, 1.165) is 6.42 Å². The van der Waals surface area contributed by atoms with E-state index >= 15 is 0 Å². The van der Waals surface area contributed by atoms with Crippen molar-refractivity contribution >= 4 is 12.4 Å². The minimum atomic E-state index is -1.11. The third kappa shape index (κ3) is 2.77. The monoisotopic (exact) mass is 243 g/mol. The summed E-state index contributed by atoms with van der Waals surface area (Å²) in [7, 11) is 0. The van der Waals surface area contributed by atoms with Crippen LogP contribution in [-0.2, 0) is 14.3 Å². The molecule has 5 heteroatoms. The highest BCUT2D eigenvalue weighted by Gasteiger charge is 2.50. The lowest BCUT2D eigenvalue weighted by Crippen LogP contribution is -2.61. The zero-order valence-electron chi connectivity index (χ0n) is 10.7. The molecule has 1 fully saturated rings. The number of aliphatic carboxylic acids is 1. The molecule has 0 saturated carbocycles. The Hall–Kier alpha value is -1.10. The van der Waals surface area contributed by atoms with E-state index in [4.69, 9.17) is 4.74 Å². The van der Waals surface area contributed by atoms with E-state index in [1.54, 1.807) is 0 Å². The number of hydrogen-bond donors (Lipinski definition) is 1. The molecule has 0 bridgehead atoms. The summed E-state index contributed by atoms with van der Waals surface area (Å²) < 4.78 is 5.54. The highest BCUT2D eigenvalue weighted by Crippen LogP contribution is 2.36. The van der Waals surface area contributed by atoms with E-state index in [2.05, 4.69) is 0 Å². The Morgan fingerprint density at radius 3 is 2.59 bits per heavy atom. The smallest absolute Gasteiger partial charge is 0.329 e. The topological polar surface area (TPSA) is 66.8 Å². The lowest BCUT2D eigenvalue weighted by atomic mass is 9.80. The van der Waals surface area contributed by atoms with Gasteiger partial charge in [0.15, 0.2) is 0 Å². The molecule has 5 nitrogen and oxygen atoms in total. The summed E-state index contributed by atoms with van der Waals surface area (Å²) in [4.78, 5) is 24.1. The van der Waals surface area contributed by atoms with Gasteiger partial charge in [-0.15, -0.1) is 0 Å². The molecule has 1 atom stereocenters. The van der Waals surface area contributed by atoms with Crippen molar-refractivity contribution in [3.63, 3.8) is 0 Å². The standard InChI is InChI=1S/C12H21NO4/c1-4-6-13(9-14)12(10(15)16)5-7-17-11(2,3)8-12/h9H,4-8H2,1-3H3,(H,15,16). The van der Waals surface area contributed by atoms with Gasteiger partial charge in [-0.05, 0) is 20.3 Å². The molecule has 1 N–H and O–H groups in total. The maximum Gasteiger partial charge on any atom is 0.329 e. The fourth-order valence-electron chi connectivity index (χ4n) is 2.50. The Kier molecular flexibility index (Phi) is 4.14. The lowest BCUT2D eigenvalue weighted by Gasteiger charge is -2.46. The second-order valence-electron chi connectivity index (χ2n) is 5.17. The van der Waals surface area contributed by atoms with Crippen molar-refractivity contribution in [2.75, 3.05) is 13.2 Å². The van der Waals surface area contributed by atoms with Crippen molar-refractivity contribution in [1.82, 2.24) is 4.90 Å². The van der Waals surface area contributed by atoms with Gasteiger partial charge in [-0.2, -0.15) is 0 Å². The largest absolute Gasteiger partial charge is 0.479 e.